The van der Waals surface area contributed by atoms with Crippen LogP contribution in [0.3, 0.4) is 0 Å². The number of rotatable bonds is 7. The fraction of sp³-hybridized carbons (Fsp3) is 0.556. The van der Waals surface area contributed by atoms with Gasteiger partial charge in [0.2, 0.25) is 11.8 Å². The van der Waals surface area contributed by atoms with Crippen LogP contribution in [0.5, 0.6) is 5.75 Å². The molecular weight excluding hydrogens is 358 g/mol. The molecule has 2 amide bonds. The summed E-state index contributed by atoms with van der Waals surface area (Å²) in [6.07, 6.45) is 0.370. The van der Waals surface area contributed by atoms with Crippen LogP contribution in [0.25, 0.3) is 0 Å². The monoisotopic (exact) mass is 385 g/mol. The average Bonchev–Trinajstić information content (AvgIpc) is 2.66. The number of amides is 2. The fourth-order valence-electron chi connectivity index (χ4n) is 2.86. The first-order valence-corrected chi connectivity index (χ1v) is 8.48. The van der Waals surface area contributed by atoms with E-state index in [2.05, 4.69) is 0 Å². The Morgan fingerprint density at radius 1 is 1.12 bits per heavy atom. The van der Waals surface area contributed by atoms with Crippen LogP contribution in [0.2, 0.25) is 0 Å². The Morgan fingerprint density at radius 2 is 1.73 bits per heavy atom. The zero-order valence-electron chi connectivity index (χ0n) is 15.3. The van der Waals surface area contributed by atoms with Crippen molar-refractivity contribution < 1.29 is 19.1 Å². The van der Waals surface area contributed by atoms with Crippen LogP contribution in [-0.4, -0.2) is 74.7 Å². The highest BCUT2D eigenvalue weighted by atomic mass is 35.5. The molecule has 1 aliphatic rings. The minimum absolute atomic E-state index is 0. The van der Waals surface area contributed by atoms with Crippen LogP contribution >= 0.6 is 12.4 Å². The molecule has 1 aromatic rings. The summed E-state index contributed by atoms with van der Waals surface area (Å²) in [6.45, 7) is 2.51. The number of hydrogen-bond acceptors (Lipinski definition) is 5. The van der Waals surface area contributed by atoms with Gasteiger partial charge in [-0.15, -0.1) is 12.4 Å². The Balaban J connectivity index is 0.00000338. The van der Waals surface area contributed by atoms with E-state index in [1.54, 1.807) is 24.0 Å². The molecule has 1 saturated heterocycles. The van der Waals surface area contributed by atoms with Gasteiger partial charge in [0.25, 0.3) is 0 Å². The molecule has 1 heterocycles. The van der Waals surface area contributed by atoms with Crippen molar-refractivity contribution in [3.63, 3.8) is 0 Å². The fourth-order valence-corrected chi connectivity index (χ4v) is 2.86. The summed E-state index contributed by atoms with van der Waals surface area (Å²) in [7, 11) is 3.16. The number of carbonyl (C=O) groups is 2. The van der Waals surface area contributed by atoms with Gasteiger partial charge < -0.3 is 25.0 Å². The van der Waals surface area contributed by atoms with Gasteiger partial charge in [-0.05, 0) is 17.7 Å². The van der Waals surface area contributed by atoms with Crippen LogP contribution in [0, 0.1) is 0 Å². The number of ether oxygens (including phenoxy) is 2. The van der Waals surface area contributed by atoms with E-state index in [9.17, 15) is 9.59 Å². The molecule has 2 N–H and O–H groups in total. The van der Waals surface area contributed by atoms with Crippen molar-refractivity contribution in [2.75, 3.05) is 46.9 Å². The molecule has 0 aromatic heterocycles. The summed E-state index contributed by atoms with van der Waals surface area (Å²) < 4.78 is 10.3. The first kappa shape index (κ1) is 22.2. The lowest BCUT2D eigenvalue weighted by atomic mass is 10.1. The number of benzene rings is 1. The molecule has 0 spiro atoms. The van der Waals surface area contributed by atoms with Crippen LogP contribution in [0.4, 0.5) is 0 Å². The third kappa shape index (κ3) is 6.16. The molecule has 1 atom stereocenters. The molecule has 2 rings (SSSR count). The molecule has 1 fully saturated rings. The van der Waals surface area contributed by atoms with Crippen LogP contribution in [0.1, 0.15) is 12.0 Å². The predicted molar refractivity (Wildman–Crippen MR) is 102 cm³/mol. The van der Waals surface area contributed by atoms with Gasteiger partial charge in [-0.2, -0.15) is 0 Å². The van der Waals surface area contributed by atoms with Crippen molar-refractivity contribution in [2.45, 2.75) is 18.9 Å². The van der Waals surface area contributed by atoms with E-state index in [0.29, 0.717) is 39.1 Å². The Labute approximate surface area is 160 Å². The summed E-state index contributed by atoms with van der Waals surface area (Å²) in [6, 6.07) is 7.52. The lowest BCUT2D eigenvalue weighted by molar-refractivity contribution is -0.140. The van der Waals surface area contributed by atoms with Crippen molar-refractivity contribution in [2.24, 2.45) is 5.73 Å². The SMILES string of the molecule is COc1cccc(CC(=O)N2CCN(C(=O)CC(CN)OC)CC2)c1.Cl. The molecule has 0 radical (unpaired) electrons. The summed E-state index contributed by atoms with van der Waals surface area (Å²) >= 11 is 0. The lowest BCUT2D eigenvalue weighted by Crippen LogP contribution is -2.51. The number of nitrogens with zero attached hydrogens (tertiary/aromatic N) is 2. The van der Waals surface area contributed by atoms with Crippen LogP contribution in [0.15, 0.2) is 24.3 Å². The normalized spacial score (nSPS) is 15.2. The number of carbonyl (C=O) groups excluding carboxylic acids is 2. The van der Waals surface area contributed by atoms with Gasteiger partial charge in [0.1, 0.15) is 5.75 Å². The third-order valence-electron chi connectivity index (χ3n) is 4.47. The molecule has 8 heteroatoms. The lowest BCUT2D eigenvalue weighted by Gasteiger charge is -2.35. The molecule has 1 aliphatic heterocycles. The molecule has 0 saturated carbocycles. The second kappa shape index (κ2) is 11.0. The largest absolute Gasteiger partial charge is 0.497 e. The molecule has 0 aliphatic carbocycles. The molecule has 1 unspecified atom stereocenters. The maximum Gasteiger partial charge on any atom is 0.227 e. The van der Waals surface area contributed by atoms with Gasteiger partial charge >= 0.3 is 0 Å². The highest BCUT2D eigenvalue weighted by Gasteiger charge is 2.25. The smallest absolute Gasteiger partial charge is 0.227 e. The highest BCUT2D eigenvalue weighted by molar-refractivity contribution is 5.85. The summed E-state index contributed by atoms with van der Waals surface area (Å²) in [5.41, 5.74) is 6.48. The van der Waals surface area contributed by atoms with E-state index in [4.69, 9.17) is 15.2 Å². The van der Waals surface area contributed by atoms with E-state index >= 15 is 0 Å². The minimum atomic E-state index is -0.250. The Kier molecular flexibility index (Phi) is 9.40. The second-order valence-corrected chi connectivity index (χ2v) is 6.09. The van der Waals surface area contributed by atoms with Crippen molar-refractivity contribution >= 4 is 24.2 Å². The second-order valence-electron chi connectivity index (χ2n) is 6.09. The molecule has 1 aromatic carbocycles. The van der Waals surface area contributed by atoms with Crippen molar-refractivity contribution in [3.8, 4) is 5.75 Å². The minimum Gasteiger partial charge on any atom is -0.497 e. The highest BCUT2D eigenvalue weighted by Crippen LogP contribution is 2.14. The number of methoxy groups -OCH3 is 2. The Hall–Kier alpha value is -1.83. The zero-order chi connectivity index (χ0) is 18.2. The number of piperazine rings is 1. The Bertz CT molecular complexity index is 588. The molecule has 146 valence electrons. The van der Waals surface area contributed by atoms with Crippen molar-refractivity contribution in [3.05, 3.63) is 29.8 Å². The van der Waals surface area contributed by atoms with Gasteiger partial charge in [0.05, 0.1) is 26.1 Å². The van der Waals surface area contributed by atoms with E-state index in [1.165, 1.54) is 0 Å². The predicted octanol–water partition coefficient (Wildman–Crippen LogP) is 0.694. The van der Waals surface area contributed by atoms with Gasteiger partial charge in [-0.1, -0.05) is 12.1 Å². The van der Waals surface area contributed by atoms with Crippen LogP contribution in [-0.2, 0) is 20.7 Å². The molecular formula is C18H28ClN3O4. The summed E-state index contributed by atoms with van der Waals surface area (Å²) in [4.78, 5) is 28.3. The molecule has 7 nitrogen and oxygen atoms in total. The van der Waals surface area contributed by atoms with Gasteiger partial charge in [0.15, 0.2) is 0 Å². The van der Waals surface area contributed by atoms with Gasteiger partial charge in [-0.25, -0.2) is 0 Å². The van der Waals surface area contributed by atoms with E-state index in [-0.39, 0.29) is 36.7 Å². The van der Waals surface area contributed by atoms with Gasteiger partial charge in [0, 0.05) is 39.8 Å². The van der Waals surface area contributed by atoms with Gasteiger partial charge in [-0.3, -0.25) is 9.59 Å². The van der Waals surface area contributed by atoms with Crippen molar-refractivity contribution in [1.82, 2.24) is 9.80 Å². The maximum atomic E-state index is 12.5. The Morgan fingerprint density at radius 3 is 2.27 bits per heavy atom. The number of hydrogen-bond donors (Lipinski definition) is 1. The van der Waals surface area contributed by atoms with E-state index in [0.717, 1.165) is 11.3 Å². The number of nitrogens with two attached hydrogens (primary N) is 1. The molecule has 0 bridgehead atoms. The average molecular weight is 386 g/mol. The number of halogens is 1. The third-order valence-corrected chi connectivity index (χ3v) is 4.47. The molecule has 26 heavy (non-hydrogen) atoms. The summed E-state index contributed by atoms with van der Waals surface area (Å²) in [5.74, 6) is 0.836. The van der Waals surface area contributed by atoms with Crippen molar-refractivity contribution in [1.29, 1.82) is 0 Å². The zero-order valence-corrected chi connectivity index (χ0v) is 16.2. The standard InChI is InChI=1S/C18H27N3O4.ClH/c1-24-15-5-3-4-14(10-15)11-17(22)20-6-8-21(9-7-20)18(23)12-16(13-19)25-2;/h3-5,10,16H,6-9,11-13,19H2,1-2H3;1H. The first-order chi connectivity index (χ1) is 12.1. The quantitative estimate of drug-likeness (QED) is 0.746. The first-order valence-electron chi connectivity index (χ1n) is 8.48. The maximum absolute atomic E-state index is 12.5. The summed E-state index contributed by atoms with van der Waals surface area (Å²) in [5, 5.41) is 0. The van der Waals surface area contributed by atoms with Crippen LogP contribution < -0.4 is 10.5 Å². The van der Waals surface area contributed by atoms with E-state index in [1.807, 2.05) is 24.3 Å². The topological polar surface area (TPSA) is 85.1 Å². The van der Waals surface area contributed by atoms with E-state index < -0.39 is 0 Å².